The van der Waals surface area contributed by atoms with Crippen LogP contribution < -0.4 is 10.2 Å². The second-order valence-corrected chi connectivity index (χ2v) is 8.07. The highest BCUT2D eigenvalue weighted by molar-refractivity contribution is 14.0. The van der Waals surface area contributed by atoms with E-state index in [9.17, 15) is 4.79 Å². The first-order valence-corrected chi connectivity index (χ1v) is 11.3. The molecular formula is C19H34IN7OS. The molecule has 0 bridgehead atoms. The number of hydrogen-bond donors (Lipinski definition) is 1. The third kappa shape index (κ3) is 6.16. The third-order valence-corrected chi connectivity index (χ3v) is 6.43. The number of aryl methyl sites for hydroxylation is 1. The topological polar surface area (TPSA) is 77.0 Å². The Morgan fingerprint density at radius 2 is 2.00 bits per heavy atom. The van der Waals surface area contributed by atoms with E-state index in [0.717, 1.165) is 81.9 Å². The lowest BCUT2D eigenvalue weighted by atomic mass is 10.1. The number of carbonyl (C=O) groups is 1. The molecule has 0 radical (unpaired) electrons. The molecule has 1 atom stereocenters. The molecule has 10 heteroatoms. The molecule has 1 unspecified atom stereocenters. The van der Waals surface area contributed by atoms with Gasteiger partial charge in [-0.3, -0.25) is 9.79 Å². The Morgan fingerprint density at radius 1 is 1.24 bits per heavy atom. The number of aliphatic imine (C=N–C) groups is 1. The van der Waals surface area contributed by atoms with E-state index in [-0.39, 0.29) is 24.0 Å². The van der Waals surface area contributed by atoms with E-state index in [1.807, 2.05) is 7.05 Å². The van der Waals surface area contributed by atoms with Crippen LogP contribution in [0.15, 0.2) is 4.99 Å². The summed E-state index contributed by atoms with van der Waals surface area (Å²) in [5.74, 6) is 2.20. The maximum absolute atomic E-state index is 12.0. The van der Waals surface area contributed by atoms with Crippen molar-refractivity contribution in [2.75, 3.05) is 51.2 Å². The lowest BCUT2D eigenvalue weighted by Gasteiger charge is -2.36. The minimum absolute atomic E-state index is 0. The Bertz CT molecular complexity index is 675. The van der Waals surface area contributed by atoms with Crippen LogP contribution in [0.3, 0.4) is 0 Å². The van der Waals surface area contributed by atoms with Crippen molar-refractivity contribution < 1.29 is 4.79 Å². The van der Waals surface area contributed by atoms with Crippen molar-refractivity contribution >= 4 is 52.5 Å². The minimum Gasteiger partial charge on any atom is -0.356 e. The smallest absolute Gasteiger partial charge is 0.222 e. The van der Waals surface area contributed by atoms with E-state index in [4.69, 9.17) is 0 Å². The Balaban J connectivity index is 0.00000300. The van der Waals surface area contributed by atoms with Crippen LogP contribution in [-0.2, 0) is 11.2 Å². The maximum Gasteiger partial charge on any atom is 0.222 e. The number of nitrogens with one attached hydrogen (secondary N) is 1. The van der Waals surface area contributed by atoms with Crippen LogP contribution in [0.5, 0.6) is 0 Å². The standard InChI is InChI=1S/C19H33N7OS.HI/c1-4-15(26-10-6-7-17(26)27)8-9-21-18(20-3)24-11-13-25(14-12-24)19-22-16(5-2)23-28-19;/h15H,4-14H2,1-3H3,(H,20,21);1H. The summed E-state index contributed by atoms with van der Waals surface area (Å²) in [6.45, 7) is 9.71. The van der Waals surface area contributed by atoms with Gasteiger partial charge in [-0.05, 0) is 19.3 Å². The summed E-state index contributed by atoms with van der Waals surface area (Å²) >= 11 is 1.50. The van der Waals surface area contributed by atoms with Crippen molar-refractivity contribution in [1.29, 1.82) is 0 Å². The predicted molar refractivity (Wildman–Crippen MR) is 129 cm³/mol. The van der Waals surface area contributed by atoms with Crippen LogP contribution in [0.25, 0.3) is 0 Å². The molecule has 1 aromatic heterocycles. The fraction of sp³-hybridized carbons (Fsp3) is 0.789. The molecule has 1 amide bonds. The average Bonchev–Trinajstić information content (AvgIpc) is 3.38. The zero-order chi connectivity index (χ0) is 19.9. The summed E-state index contributed by atoms with van der Waals surface area (Å²) in [5.41, 5.74) is 0. The molecule has 0 aliphatic carbocycles. The molecule has 0 saturated carbocycles. The first kappa shape index (κ1) is 24.1. The number of rotatable bonds is 7. The number of carbonyl (C=O) groups excluding carboxylic acids is 1. The van der Waals surface area contributed by atoms with Gasteiger partial charge in [-0.1, -0.05) is 13.8 Å². The lowest BCUT2D eigenvalue weighted by molar-refractivity contribution is -0.129. The highest BCUT2D eigenvalue weighted by atomic mass is 127. The molecule has 1 aromatic rings. The van der Waals surface area contributed by atoms with Gasteiger partial charge in [0.15, 0.2) is 5.96 Å². The summed E-state index contributed by atoms with van der Waals surface area (Å²) in [7, 11) is 1.84. The molecule has 3 rings (SSSR count). The average molecular weight is 536 g/mol. The monoisotopic (exact) mass is 535 g/mol. The molecule has 164 valence electrons. The first-order chi connectivity index (χ1) is 13.7. The number of piperazine rings is 1. The van der Waals surface area contributed by atoms with Gasteiger partial charge in [0.05, 0.1) is 0 Å². The van der Waals surface area contributed by atoms with Crippen molar-refractivity contribution in [1.82, 2.24) is 24.5 Å². The van der Waals surface area contributed by atoms with Gasteiger partial charge in [-0.2, -0.15) is 4.37 Å². The zero-order valence-corrected chi connectivity index (χ0v) is 20.9. The molecular weight excluding hydrogens is 501 g/mol. The molecule has 3 heterocycles. The van der Waals surface area contributed by atoms with Crippen molar-refractivity contribution in [3.63, 3.8) is 0 Å². The van der Waals surface area contributed by atoms with Gasteiger partial charge in [0.2, 0.25) is 11.0 Å². The Labute approximate surface area is 195 Å². The fourth-order valence-corrected chi connectivity index (χ4v) is 4.75. The second kappa shape index (κ2) is 11.9. The van der Waals surface area contributed by atoms with Gasteiger partial charge < -0.3 is 20.0 Å². The highest BCUT2D eigenvalue weighted by Gasteiger charge is 2.27. The highest BCUT2D eigenvalue weighted by Crippen LogP contribution is 2.20. The largest absolute Gasteiger partial charge is 0.356 e. The van der Waals surface area contributed by atoms with Gasteiger partial charge in [0.1, 0.15) is 5.82 Å². The summed E-state index contributed by atoms with van der Waals surface area (Å²) in [5, 5.41) is 4.53. The lowest BCUT2D eigenvalue weighted by Crippen LogP contribution is -2.53. The van der Waals surface area contributed by atoms with Crippen LogP contribution in [0.2, 0.25) is 0 Å². The molecule has 2 aliphatic rings. The van der Waals surface area contributed by atoms with E-state index in [1.165, 1.54) is 11.5 Å². The van der Waals surface area contributed by atoms with E-state index in [2.05, 4.69) is 48.2 Å². The number of amides is 1. The molecule has 8 nitrogen and oxygen atoms in total. The zero-order valence-electron chi connectivity index (χ0n) is 17.8. The SMILES string of the molecule is CCc1nsc(N2CCN(C(=NC)NCCC(CC)N3CCCC3=O)CC2)n1.I. The van der Waals surface area contributed by atoms with Crippen LogP contribution >= 0.6 is 35.5 Å². The molecule has 0 spiro atoms. The van der Waals surface area contributed by atoms with Gasteiger partial charge in [-0.25, -0.2) is 4.98 Å². The Kier molecular flexibility index (Phi) is 9.87. The van der Waals surface area contributed by atoms with E-state index >= 15 is 0 Å². The number of guanidine groups is 1. The van der Waals surface area contributed by atoms with Crippen LogP contribution in [0.4, 0.5) is 5.13 Å². The van der Waals surface area contributed by atoms with E-state index in [1.54, 1.807) is 0 Å². The van der Waals surface area contributed by atoms with Gasteiger partial charge >= 0.3 is 0 Å². The maximum atomic E-state index is 12.0. The Morgan fingerprint density at radius 3 is 2.55 bits per heavy atom. The molecule has 2 saturated heterocycles. The molecule has 2 aliphatic heterocycles. The molecule has 29 heavy (non-hydrogen) atoms. The fourth-order valence-electron chi connectivity index (χ4n) is 3.94. The third-order valence-electron chi connectivity index (χ3n) is 5.62. The molecule has 2 fully saturated rings. The van der Waals surface area contributed by atoms with Gasteiger partial charge in [-0.15, -0.1) is 24.0 Å². The van der Waals surface area contributed by atoms with Gasteiger partial charge in [0, 0.05) is 76.7 Å². The number of nitrogens with zero attached hydrogens (tertiary/aromatic N) is 6. The van der Waals surface area contributed by atoms with Crippen molar-refractivity contribution in [3.05, 3.63) is 5.82 Å². The number of halogens is 1. The summed E-state index contributed by atoms with van der Waals surface area (Å²) < 4.78 is 4.39. The first-order valence-electron chi connectivity index (χ1n) is 10.5. The molecule has 1 N–H and O–H groups in total. The number of hydrogen-bond acceptors (Lipinski definition) is 6. The normalized spacial score (nSPS) is 18.8. The quantitative estimate of drug-likeness (QED) is 0.328. The van der Waals surface area contributed by atoms with Gasteiger partial charge in [0.25, 0.3) is 0 Å². The number of anilines is 1. The second-order valence-electron chi connectivity index (χ2n) is 7.34. The Hall–Kier alpha value is -1.17. The van der Waals surface area contributed by atoms with E-state index in [0.29, 0.717) is 18.4 Å². The summed E-state index contributed by atoms with van der Waals surface area (Å²) in [6.07, 6.45) is 4.57. The number of aromatic nitrogens is 2. The van der Waals surface area contributed by atoms with Crippen LogP contribution in [-0.4, -0.2) is 83.4 Å². The van der Waals surface area contributed by atoms with Crippen molar-refractivity contribution in [2.24, 2.45) is 4.99 Å². The van der Waals surface area contributed by atoms with Crippen molar-refractivity contribution in [2.45, 2.75) is 52.0 Å². The summed E-state index contributed by atoms with van der Waals surface area (Å²) in [6, 6.07) is 0.336. The summed E-state index contributed by atoms with van der Waals surface area (Å²) in [4.78, 5) is 27.8. The minimum atomic E-state index is 0. The van der Waals surface area contributed by atoms with E-state index < -0.39 is 0 Å². The molecule has 0 aromatic carbocycles. The van der Waals surface area contributed by atoms with Crippen LogP contribution in [0, 0.1) is 0 Å². The van der Waals surface area contributed by atoms with Crippen LogP contribution in [0.1, 0.15) is 45.4 Å². The predicted octanol–water partition coefficient (Wildman–Crippen LogP) is 2.21. The van der Waals surface area contributed by atoms with Crippen molar-refractivity contribution in [3.8, 4) is 0 Å². The number of likely N-dealkylation sites (tertiary alicyclic amines) is 1.